The van der Waals surface area contributed by atoms with Crippen molar-refractivity contribution < 1.29 is 14.3 Å². The first-order valence-electron chi connectivity index (χ1n) is 7.29. The molecule has 1 aromatic carbocycles. The van der Waals surface area contributed by atoms with E-state index in [1.165, 1.54) is 13.2 Å². The van der Waals surface area contributed by atoms with Crippen molar-refractivity contribution in [3.8, 4) is 6.07 Å². The molecule has 3 aromatic rings. The van der Waals surface area contributed by atoms with E-state index in [4.69, 9.17) is 0 Å². The molecule has 0 aliphatic rings. The minimum absolute atomic E-state index is 0.0632. The number of fused-ring (bicyclic) bond motifs is 1. The van der Waals surface area contributed by atoms with Crippen molar-refractivity contribution in [2.45, 2.75) is 0 Å². The third-order valence-corrected chi connectivity index (χ3v) is 4.46. The summed E-state index contributed by atoms with van der Waals surface area (Å²) >= 11 is 1.15. The van der Waals surface area contributed by atoms with Gasteiger partial charge in [-0.2, -0.15) is 5.26 Å². The number of aromatic nitrogens is 1. The van der Waals surface area contributed by atoms with Crippen LogP contribution in [0.5, 0.6) is 0 Å². The molecule has 0 unspecified atom stereocenters. The number of aromatic amines is 1. The fraction of sp³-hybridized carbons (Fsp3) is 0.0556. The summed E-state index contributed by atoms with van der Waals surface area (Å²) in [5.41, 5.74) is 1.91. The molecule has 0 atom stereocenters. The lowest BCUT2D eigenvalue weighted by Crippen LogP contribution is -2.15. The first-order valence-corrected chi connectivity index (χ1v) is 8.17. The van der Waals surface area contributed by atoms with Crippen molar-refractivity contribution >= 4 is 45.9 Å². The maximum Gasteiger partial charge on any atom is 0.350 e. The first kappa shape index (κ1) is 16.5. The van der Waals surface area contributed by atoms with E-state index in [-0.39, 0.29) is 10.5 Å². The van der Waals surface area contributed by atoms with Crippen LogP contribution in [0.15, 0.2) is 47.5 Å². The molecule has 0 saturated heterocycles. The Balaban J connectivity index is 1.89. The van der Waals surface area contributed by atoms with E-state index in [1.54, 1.807) is 17.6 Å². The van der Waals surface area contributed by atoms with Gasteiger partial charge in [0.2, 0.25) is 0 Å². The number of carbonyl (C=O) groups is 2. The Morgan fingerprint density at radius 2 is 2.12 bits per heavy atom. The third-order valence-electron chi connectivity index (χ3n) is 3.57. The summed E-state index contributed by atoms with van der Waals surface area (Å²) in [5, 5.41) is 14.5. The van der Waals surface area contributed by atoms with Gasteiger partial charge < -0.3 is 15.0 Å². The van der Waals surface area contributed by atoms with Crippen LogP contribution >= 0.6 is 11.3 Å². The number of para-hydroxylation sites is 1. The lowest BCUT2D eigenvalue weighted by molar-refractivity contribution is -0.112. The number of esters is 1. The number of ether oxygens (including phenoxy) is 1. The Labute approximate surface area is 147 Å². The van der Waals surface area contributed by atoms with Crippen LogP contribution in [0.4, 0.5) is 5.69 Å². The second-order valence-electron chi connectivity index (χ2n) is 5.07. The molecule has 0 aliphatic heterocycles. The smallest absolute Gasteiger partial charge is 0.350 e. The molecule has 3 rings (SSSR count). The van der Waals surface area contributed by atoms with Crippen LogP contribution in [0.3, 0.4) is 0 Å². The molecular weight excluding hydrogens is 338 g/mol. The Morgan fingerprint density at radius 3 is 2.88 bits per heavy atom. The lowest BCUT2D eigenvalue weighted by atomic mass is 10.1. The van der Waals surface area contributed by atoms with E-state index in [0.717, 1.165) is 27.8 Å². The minimum atomic E-state index is -0.587. The van der Waals surface area contributed by atoms with Crippen molar-refractivity contribution in [1.29, 1.82) is 5.26 Å². The highest BCUT2D eigenvalue weighted by Gasteiger charge is 2.18. The van der Waals surface area contributed by atoms with Gasteiger partial charge in [-0.1, -0.05) is 18.2 Å². The molecule has 0 radical (unpaired) electrons. The summed E-state index contributed by atoms with van der Waals surface area (Å²) in [5.74, 6) is -1.12. The molecule has 0 saturated carbocycles. The second kappa shape index (κ2) is 7.03. The number of amides is 1. The van der Waals surface area contributed by atoms with Gasteiger partial charge in [0.05, 0.1) is 12.8 Å². The molecule has 2 heterocycles. The Hall–Kier alpha value is -3.37. The average Bonchev–Trinajstić information content (AvgIpc) is 3.26. The molecule has 0 fully saturated rings. The molecule has 6 nitrogen and oxygen atoms in total. The lowest BCUT2D eigenvalue weighted by Gasteiger charge is -2.04. The predicted molar refractivity (Wildman–Crippen MR) is 96.2 cm³/mol. The molecule has 124 valence electrons. The Kier molecular flexibility index (Phi) is 4.64. The highest BCUT2D eigenvalue weighted by Crippen LogP contribution is 2.24. The van der Waals surface area contributed by atoms with Crippen LogP contribution in [0.2, 0.25) is 0 Å². The largest absolute Gasteiger partial charge is 0.465 e. The van der Waals surface area contributed by atoms with Crippen LogP contribution in [0.1, 0.15) is 15.2 Å². The third kappa shape index (κ3) is 3.29. The number of hydrogen-bond donors (Lipinski definition) is 2. The molecule has 25 heavy (non-hydrogen) atoms. The number of thiophene rings is 1. The highest BCUT2D eigenvalue weighted by atomic mass is 32.1. The number of nitrogens with zero attached hydrogens (tertiary/aromatic N) is 1. The number of H-pyrrole nitrogens is 1. The van der Waals surface area contributed by atoms with Gasteiger partial charge in [-0.25, -0.2) is 4.79 Å². The molecule has 7 heteroatoms. The van der Waals surface area contributed by atoms with Crippen LogP contribution in [0.25, 0.3) is 17.0 Å². The molecule has 0 aliphatic carbocycles. The van der Waals surface area contributed by atoms with Crippen LogP contribution in [-0.2, 0) is 9.53 Å². The van der Waals surface area contributed by atoms with E-state index in [2.05, 4.69) is 15.0 Å². The van der Waals surface area contributed by atoms with Crippen LogP contribution < -0.4 is 5.32 Å². The van der Waals surface area contributed by atoms with Gasteiger partial charge in [0.1, 0.15) is 16.5 Å². The fourth-order valence-electron chi connectivity index (χ4n) is 2.37. The highest BCUT2D eigenvalue weighted by molar-refractivity contribution is 7.12. The molecule has 0 spiro atoms. The first-order chi connectivity index (χ1) is 12.1. The summed E-state index contributed by atoms with van der Waals surface area (Å²) < 4.78 is 4.67. The van der Waals surface area contributed by atoms with Crippen LogP contribution in [-0.4, -0.2) is 24.0 Å². The zero-order valence-corrected chi connectivity index (χ0v) is 14.0. The number of anilines is 1. The van der Waals surface area contributed by atoms with Gasteiger partial charge in [-0.15, -0.1) is 11.3 Å². The summed E-state index contributed by atoms with van der Waals surface area (Å²) in [4.78, 5) is 27.4. The normalized spacial score (nSPS) is 11.1. The summed E-state index contributed by atoms with van der Waals surface area (Å²) in [6.45, 7) is 0. The van der Waals surface area contributed by atoms with Crippen molar-refractivity contribution in [2.75, 3.05) is 12.4 Å². The number of carbonyl (C=O) groups excluding carboxylic acids is 2. The van der Waals surface area contributed by atoms with Gasteiger partial charge in [-0.05, 0) is 23.6 Å². The summed E-state index contributed by atoms with van der Waals surface area (Å²) in [6, 6.07) is 11.1. The fourth-order valence-corrected chi connectivity index (χ4v) is 3.13. The Bertz CT molecular complexity index is 1020. The minimum Gasteiger partial charge on any atom is -0.465 e. The number of nitriles is 1. The monoisotopic (exact) mass is 351 g/mol. The van der Waals surface area contributed by atoms with Gasteiger partial charge in [0.15, 0.2) is 0 Å². The summed E-state index contributed by atoms with van der Waals surface area (Å²) in [6.07, 6.45) is 3.25. The molecule has 2 aromatic heterocycles. The number of benzene rings is 1. The number of methoxy groups -OCH3 is 1. The van der Waals surface area contributed by atoms with Gasteiger partial charge in [-0.3, -0.25) is 4.79 Å². The molecule has 2 N–H and O–H groups in total. The van der Waals surface area contributed by atoms with Gasteiger partial charge in [0.25, 0.3) is 5.91 Å². The van der Waals surface area contributed by atoms with E-state index < -0.39 is 11.9 Å². The molecule has 1 amide bonds. The van der Waals surface area contributed by atoms with Gasteiger partial charge >= 0.3 is 5.97 Å². The second-order valence-corrected chi connectivity index (χ2v) is 5.98. The van der Waals surface area contributed by atoms with Crippen molar-refractivity contribution in [3.63, 3.8) is 0 Å². The Morgan fingerprint density at radius 1 is 1.32 bits per heavy atom. The van der Waals surface area contributed by atoms with E-state index in [1.807, 2.05) is 30.3 Å². The topological polar surface area (TPSA) is 95.0 Å². The number of nitrogens with one attached hydrogen (secondary N) is 2. The quantitative estimate of drug-likeness (QED) is 0.427. The van der Waals surface area contributed by atoms with E-state index in [9.17, 15) is 14.9 Å². The van der Waals surface area contributed by atoms with Crippen LogP contribution in [0, 0.1) is 11.3 Å². The van der Waals surface area contributed by atoms with Crippen molar-refractivity contribution in [1.82, 2.24) is 4.98 Å². The van der Waals surface area contributed by atoms with E-state index in [0.29, 0.717) is 5.69 Å². The zero-order chi connectivity index (χ0) is 17.8. The standard InChI is InChI=1S/C18H13N3O3S/c1-24-18(23)16-15(6-7-25-16)21-17(22)11(9-19)8-12-10-20-14-5-3-2-4-13(12)14/h2-8,10,20H,1H3,(H,21,22). The maximum atomic E-state index is 12.4. The van der Waals surface area contributed by atoms with Crippen molar-refractivity contribution in [3.05, 3.63) is 57.9 Å². The summed E-state index contributed by atoms with van der Waals surface area (Å²) in [7, 11) is 1.27. The molecular formula is C18H13N3O3S. The average molecular weight is 351 g/mol. The number of rotatable bonds is 4. The maximum absolute atomic E-state index is 12.4. The van der Waals surface area contributed by atoms with E-state index >= 15 is 0 Å². The SMILES string of the molecule is COC(=O)c1sccc1NC(=O)C(C#N)=Cc1c[nH]c2ccccc12. The number of hydrogen-bond acceptors (Lipinski definition) is 5. The van der Waals surface area contributed by atoms with Gasteiger partial charge in [0, 0.05) is 22.7 Å². The molecule has 0 bridgehead atoms. The van der Waals surface area contributed by atoms with Crippen molar-refractivity contribution in [2.24, 2.45) is 0 Å². The predicted octanol–water partition coefficient (Wildman–Crippen LogP) is 3.56. The zero-order valence-electron chi connectivity index (χ0n) is 13.2.